The number of amides is 1. The maximum atomic E-state index is 13.5. The third-order valence-corrected chi connectivity index (χ3v) is 7.18. The van der Waals surface area contributed by atoms with Gasteiger partial charge in [0.1, 0.15) is 12.5 Å². The summed E-state index contributed by atoms with van der Waals surface area (Å²) >= 11 is 0. The fraction of sp³-hybridized carbons (Fsp3) is 0.450. The Balaban J connectivity index is 1.60. The molecule has 6 nitrogen and oxygen atoms in total. The number of ether oxygens (including phenoxy) is 1. The largest absolute Gasteiger partial charge is 0.397 e. The number of hydrogen-bond acceptors (Lipinski definition) is 5. The fourth-order valence-electron chi connectivity index (χ4n) is 3.99. The van der Waals surface area contributed by atoms with Crippen LogP contribution in [-0.4, -0.2) is 37.3 Å². The molecule has 1 amide bonds. The van der Waals surface area contributed by atoms with E-state index in [9.17, 15) is 4.79 Å². The van der Waals surface area contributed by atoms with Gasteiger partial charge in [0.15, 0.2) is 0 Å². The maximum Gasteiger partial charge on any atom is 0.241 e. The molecule has 142 valence electrons. The van der Waals surface area contributed by atoms with E-state index in [4.69, 9.17) is 10.5 Å². The van der Waals surface area contributed by atoms with Crippen molar-refractivity contribution in [2.45, 2.75) is 43.9 Å². The van der Waals surface area contributed by atoms with Gasteiger partial charge in [-0.1, -0.05) is 25.7 Å². The number of aromatic nitrogens is 2. The van der Waals surface area contributed by atoms with Crippen molar-refractivity contribution < 1.29 is 9.53 Å². The third kappa shape index (κ3) is 3.15. The summed E-state index contributed by atoms with van der Waals surface area (Å²) in [7, 11) is -1.17. The summed E-state index contributed by atoms with van der Waals surface area (Å²) in [5, 5.41) is 0. The van der Waals surface area contributed by atoms with Crippen LogP contribution in [0.2, 0.25) is 25.7 Å². The normalized spacial score (nSPS) is 21.0. The molecule has 0 bridgehead atoms. The van der Waals surface area contributed by atoms with Crippen molar-refractivity contribution in [3.05, 3.63) is 47.4 Å². The Morgan fingerprint density at radius 3 is 2.89 bits per heavy atom. The van der Waals surface area contributed by atoms with Gasteiger partial charge in [-0.05, 0) is 30.2 Å². The number of rotatable bonds is 5. The Hall–Kier alpha value is -2.25. The first-order valence-corrected chi connectivity index (χ1v) is 13.1. The van der Waals surface area contributed by atoms with Crippen LogP contribution in [0, 0.1) is 0 Å². The average Bonchev–Trinajstić information content (AvgIpc) is 3.09. The molecule has 2 aliphatic rings. The predicted octanol–water partition coefficient (Wildman–Crippen LogP) is 2.75. The van der Waals surface area contributed by atoms with E-state index in [-0.39, 0.29) is 12.6 Å². The van der Waals surface area contributed by atoms with Crippen molar-refractivity contribution in [3.8, 4) is 0 Å². The van der Waals surface area contributed by atoms with Crippen LogP contribution >= 0.6 is 0 Å². The Labute approximate surface area is 160 Å². The minimum Gasteiger partial charge on any atom is -0.397 e. The summed E-state index contributed by atoms with van der Waals surface area (Å²) in [6.45, 7) is 7.88. The van der Waals surface area contributed by atoms with Gasteiger partial charge in [0.05, 0.1) is 17.3 Å². The number of anilines is 2. The zero-order valence-electron chi connectivity index (χ0n) is 16.2. The third-order valence-electron chi connectivity index (χ3n) is 5.47. The quantitative estimate of drug-likeness (QED) is 0.635. The molecular weight excluding hydrogens is 356 g/mol. The molecular formula is C20H26N4O2Si. The van der Waals surface area contributed by atoms with E-state index >= 15 is 0 Å². The lowest BCUT2D eigenvalue weighted by atomic mass is 9.80. The summed E-state index contributed by atoms with van der Waals surface area (Å²) in [4.78, 5) is 24.2. The van der Waals surface area contributed by atoms with Crippen molar-refractivity contribution in [2.75, 3.05) is 24.0 Å². The standard InChI is InChI=1S/C20H26N4O2Si/c1-27(2,3)8-7-26-13-24-18-16(5-4-6-22-18)20(19(24)25)10-14-9-15(21)12-23-17(14)11-20/h4-6,9,12H,7-8,10-11,13,21H2,1-3H3. The number of nitrogens with two attached hydrogens (primary N) is 1. The SMILES string of the molecule is C[Si](C)(C)CCOCN1C(=O)C2(Cc3cc(N)cnc3C2)c2cccnc21. The Morgan fingerprint density at radius 2 is 2.11 bits per heavy atom. The van der Waals surface area contributed by atoms with Crippen LogP contribution < -0.4 is 10.6 Å². The topological polar surface area (TPSA) is 81.3 Å². The highest BCUT2D eigenvalue weighted by atomic mass is 28.3. The van der Waals surface area contributed by atoms with Crippen LogP contribution in [0.15, 0.2) is 30.6 Å². The van der Waals surface area contributed by atoms with E-state index < -0.39 is 13.5 Å². The molecule has 7 heteroatoms. The van der Waals surface area contributed by atoms with Crippen LogP contribution in [0.25, 0.3) is 0 Å². The molecule has 1 aliphatic carbocycles. The van der Waals surface area contributed by atoms with Gasteiger partial charge in [0, 0.05) is 38.6 Å². The molecule has 0 aromatic carbocycles. The molecule has 1 atom stereocenters. The van der Waals surface area contributed by atoms with Crippen LogP contribution in [0.4, 0.5) is 11.5 Å². The number of hydrogen-bond donors (Lipinski definition) is 1. The van der Waals surface area contributed by atoms with Crippen molar-refractivity contribution in [1.82, 2.24) is 9.97 Å². The average molecular weight is 383 g/mol. The summed E-state index contributed by atoms with van der Waals surface area (Å²) in [6.07, 6.45) is 4.60. The zero-order chi connectivity index (χ0) is 19.2. The minimum absolute atomic E-state index is 0.0563. The predicted molar refractivity (Wildman–Crippen MR) is 108 cm³/mol. The van der Waals surface area contributed by atoms with E-state index in [1.807, 2.05) is 18.2 Å². The van der Waals surface area contributed by atoms with E-state index in [0.29, 0.717) is 25.1 Å². The van der Waals surface area contributed by atoms with E-state index in [2.05, 4.69) is 29.6 Å². The Kier molecular flexibility index (Phi) is 4.31. The number of pyridine rings is 2. The monoisotopic (exact) mass is 382 g/mol. The van der Waals surface area contributed by atoms with E-state index in [1.54, 1.807) is 17.3 Å². The Bertz CT molecular complexity index is 896. The van der Waals surface area contributed by atoms with Crippen molar-refractivity contribution in [2.24, 2.45) is 0 Å². The number of carbonyl (C=O) groups is 1. The number of fused-ring (bicyclic) bond motifs is 3. The number of nitrogens with zero attached hydrogens (tertiary/aromatic N) is 3. The zero-order valence-corrected chi connectivity index (χ0v) is 17.2. The molecule has 2 N–H and O–H groups in total. The van der Waals surface area contributed by atoms with Gasteiger partial charge in [0.2, 0.25) is 5.91 Å². The van der Waals surface area contributed by atoms with Gasteiger partial charge in [-0.15, -0.1) is 0 Å². The molecule has 4 rings (SSSR count). The summed E-state index contributed by atoms with van der Waals surface area (Å²) < 4.78 is 5.88. The summed E-state index contributed by atoms with van der Waals surface area (Å²) in [5.41, 5.74) is 8.89. The second kappa shape index (κ2) is 6.42. The highest BCUT2D eigenvalue weighted by Gasteiger charge is 2.55. The summed E-state index contributed by atoms with van der Waals surface area (Å²) in [5.74, 6) is 0.775. The highest BCUT2D eigenvalue weighted by molar-refractivity contribution is 6.76. The maximum absolute atomic E-state index is 13.5. The molecule has 1 unspecified atom stereocenters. The molecule has 2 aromatic rings. The minimum atomic E-state index is -1.17. The van der Waals surface area contributed by atoms with Crippen molar-refractivity contribution >= 4 is 25.5 Å². The molecule has 0 saturated heterocycles. The van der Waals surface area contributed by atoms with Gasteiger partial charge in [-0.25, -0.2) is 4.98 Å². The van der Waals surface area contributed by atoms with Gasteiger partial charge < -0.3 is 10.5 Å². The number of nitrogen functional groups attached to an aromatic ring is 1. The van der Waals surface area contributed by atoms with E-state index in [1.165, 1.54) is 0 Å². The van der Waals surface area contributed by atoms with Crippen molar-refractivity contribution in [3.63, 3.8) is 0 Å². The molecule has 1 spiro atoms. The lowest BCUT2D eigenvalue weighted by Crippen LogP contribution is -2.42. The Morgan fingerprint density at radius 1 is 1.30 bits per heavy atom. The molecule has 0 radical (unpaired) electrons. The molecule has 0 fully saturated rings. The molecule has 1 aliphatic heterocycles. The van der Waals surface area contributed by atoms with Crippen LogP contribution in [0.5, 0.6) is 0 Å². The number of carbonyl (C=O) groups excluding carboxylic acids is 1. The second-order valence-corrected chi connectivity index (χ2v) is 14.4. The lowest BCUT2D eigenvalue weighted by molar-refractivity contribution is -0.124. The molecule has 0 saturated carbocycles. The lowest BCUT2D eigenvalue weighted by Gasteiger charge is -2.23. The van der Waals surface area contributed by atoms with Crippen LogP contribution in [0.3, 0.4) is 0 Å². The first-order chi connectivity index (χ1) is 12.8. The van der Waals surface area contributed by atoms with Gasteiger partial charge in [0.25, 0.3) is 0 Å². The van der Waals surface area contributed by atoms with Crippen LogP contribution in [0.1, 0.15) is 16.8 Å². The molecule has 27 heavy (non-hydrogen) atoms. The van der Waals surface area contributed by atoms with Crippen molar-refractivity contribution in [1.29, 1.82) is 0 Å². The smallest absolute Gasteiger partial charge is 0.241 e. The van der Waals surface area contributed by atoms with Gasteiger partial charge >= 0.3 is 0 Å². The first-order valence-electron chi connectivity index (χ1n) is 9.39. The first kappa shape index (κ1) is 18.1. The molecule has 2 aromatic heterocycles. The van der Waals surface area contributed by atoms with Gasteiger partial charge in [-0.3, -0.25) is 14.7 Å². The van der Waals surface area contributed by atoms with E-state index in [0.717, 1.165) is 28.7 Å². The second-order valence-electron chi connectivity index (χ2n) is 8.77. The summed E-state index contributed by atoms with van der Waals surface area (Å²) in [6, 6.07) is 6.92. The molecule has 3 heterocycles. The van der Waals surface area contributed by atoms with Gasteiger partial charge in [-0.2, -0.15) is 0 Å². The van der Waals surface area contributed by atoms with Crippen LogP contribution in [-0.2, 0) is 27.8 Å². The fourth-order valence-corrected chi connectivity index (χ4v) is 4.75. The highest BCUT2D eigenvalue weighted by Crippen LogP contribution is 2.48.